The summed E-state index contributed by atoms with van der Waals surface area (Å²) in [6.45, 7) is 0. The van der Waals surface area contributed by atoms with E-state index in [1.54, 1.807) is 18.0 Å². The van der Waals surface area contributed by atoms with Gasteiger partial charge in [-0.3, -0.25) is 4.79 Å². The van der Waals surface area contributed by atoms with E-state index in [2.05, 4.69) is 15.5 Å². The summed E-state index contributed by atoms with van der Waals surface area (Å²) in [7, 11) is 0. The molecule has 1 N–H and O–H groups in total. The Balaban J connectivity index is 1.54. The summed E-state index contributed by atoms with van der Waals surface area (Å²) in [4.78, 5) is 17.7. The molecule has 0 radical (unpaired) electrons. The number of nitrogens with zero attached hydrogens (tertiary/aromatic N) is 2. The molecule has 1 heterocycles. The molecule has 2 aromatic carbocycles. The highest BCUT2D eigenvalue weighted by molar-refractivity contribution is 7.98. The van der Waals surface area contributed by atoms with Crippen molar-refractivity contribution in [2.24, 2.45) is 5.10 Å². The molecule has 25 heavy (non-hydrogen) atoms. The molecular formula is C19H17N3OS2. The van der Waals surface area contributed by atoms with Crippen molar-refractivity contribution in [2.75, 3.05) is 6.26 Å². The van der Waals surface area contributed by atoms with E-state index < -0.39 is 0 Å². The lowest BCUT2D eigenvalue weighted by molar-refractivity contribution is -0.120. The van der Waals surface area contributed by atoms with Gasteiger partial charge in [-0.2, -0.15) is 5.10 Å². The number of hydrogen-bond acceptors (Lipinski definition) is 5. The van der Waals surface area contributed by atoms with E-state index in [9.17, 15) is 4.79 Å². The van der Waals surface area contributed by atoms with Gasteiger partial charge in [0.1, 0.15) is 5.01 Å². The lowest BCUT2D eigenvalue weighted by Gasteiger charge is -1.98. The minimum Gasteiger partial charge on any atom is -0.273 e. The molecule has 0 saturated heterocycles. The van der Waals surface area contributed by atoms with Crippen molar-refractivity contribution in [1.82, 2.24) is 10.4 Å². The van der Waals surface area contributed by atoms with E-state index in [1.807, 2.05) is 66.2 Å². The quantitative estimate of drug-likeness (QED) is 0.403. The van der Waals surface area contributed by atoms with Crippen LogP contribution in [0, 0.1) is 0 Å². The second-order valence-corrected chi connectivity index (χ2v) is 7.06. The van der Waals surface area contributed by atoms with Gasteiger partial charge in [0.25, 0.3) is 0 Å². The Morgan fingerprint density at radius 1 is 1.20 bits per heavy atom. The van der Waals surface area contributed by atoms with E-state index in [0.717, 1.165) is 21.8 Å². The predicted molar refractivity (Wildman–Crippen MR) is 105 cm³/mol. The van der Waals surface area contributed by atoms with Crippen LogP contribution in [0.15, 0.2) is 70.0 Å². The van der Waals surface area contributed by atoms with Crippen molar-refractivity contribution < 1.29 is 4.79 Å². The SMILES string of the molecule is CSc1ccc(/C=N\NC(=O)Cc2nc(-c3ccccc3)cs2)cc1. The summed E-state index contributed by atoms with van der Waals surface area (Å²) in [5.74, 6) is -0.175. The maximum absolute atomic E-state index is 12.0. The van der Waals surface area contributed by atoms with Crippen molar-refractivity contribution in [1.29, 1.82) is 0 Å². The molecule has 1 amide bonds. The molecule has 6 heteroatoms. The summed E-state index contributed by atoms with van der Waals surface area (Å²) in [5, 5.41) is 6.74. The molecule has 0 aliphatic rings. The van der Waals surface area contributed by atoms with Crippen molar-refractivity contribution in [3.63, 3.8) is 0 Å². The highest BCUT2D eigenvalue weighted by Gasteiger charge is 2.08. The maximum atomic E-state index is 12.0. The number of thioether (sulfide) groups is 1. The van der Waals surface area contributed by atoms with Crippen LogP contribution in [0.3, 0.4) is 0 Å². The minimum atomic E-state index is -0.175. The van der Waals surface area contributed by atoms with E-state index in [1.165, 1.54) is 16.2 Å². The van der Waals surface area contributed by atoms with E-state index >= 15 is 0 Å². The van der Waals surface area contributed by atoms with Crippen LogP contribution < -0.4 is 5.43 Å². The predicted octanol–water partition coefficient (Wildman–Crippen LogP) is 4.22. The van der Waals surface area contributed by atoms with Gasteiger partial charge in [0.15, 0.2) is 0 Å². The molecule has 0 aliphatic heterocycles. The zero-order chi connectivity index (χ0) is 17.5. The first-order valence-corrected chi connectivity index (χ1v) is 9.81. The Morgan fingerprint density at radius 3 is 2.68 bits per heavy atom. The number of hydrazone groups is 1. The molecule has 0 saturated carbocycles. The maximum Gasteiger partial charge on any atom is 0.246 e. The number of rotatable bonds is 6. The van der Waals surface area contributed by atoms with Crippen molar-refractivity contribution in [3.05, 3.63) is 70.5 Å². The van der Waals surface area contributed by atoms with Gasteiger partial charge in [0.2, 0.25) is 5.91 Å². The van der Waals surface area contributed by atoms with Gasteiger partial charge in [-0.1, -0.05) is 42.5 Å². The monoisotopic (exact) mass is 367 g/mol. The van der Waals surface area contributed by atoms with Crippen LogP contribution in [-0.4, -0.2) is 23.4 Å². The lowest BCUT2D eigenvalue weighted by Crippen LogP contribution is -2.19. The molecule has 3 aromatic rings. The summed E-state index contributed by atoms with van der Waals surface area (Å²) in [6, 6.07) is 17.9. The molecule has 0 bridgehead atoms. The Bertz CT molecular complexity index is 858. The van der Waals surface area contributed by atoms with Gasteiger partial charge in [0, 0.05) is 15.8 Å². The minimum absolute atomic E-state index is 0.175. The summed E-state index contributed by atoms with van der Waals surface area (Å²) in [5.41, 5.74) is 5.44. The molecule has 0 aliphatic carbocycles. The van der Waals surface area contributed by atoms with Gasteiger partial charge < -0.3 is 0 Å². The van der Waals surface area contributed by atoms with Crippen LogP contribution in [0.4, 0.5) is 0 Å². The summed E-state index contributed by atoms with van der Waals surface area (Å²) < 4.78 is 0. The largest absolute Gasteiger partial charge is 0.273 e. The Hall–Kier alpha value is -2.44. The number of aromatic nitrogens is 1. The van der Waals surface area contributed by atoms with Gasteiger partial charge in [-0.25, -0.2) is 10.4 Å². The second-order valence-electron chi connectivity index (χ2n) is 5.24. The van der Waals surface area contributed by atoms with Crippen LogP contribution >= 0.6 is 23.1 Å². The molecule has 0 fully saturated rings. The van der Waals surface area contributed by atoms with Crippen molar-refractivity contribution in [3.8, 4) is 11.3 Å². The van der Waals surface area contributed by atoms with Gasteiger partial charge >= 0.3 is 0 Å². The van der Waals surface area contributed by atoms with Gasteiger partial charge in [-0.05, 0) is 24.0 Å². The fourth-order valence-electron chi connectivity index (χ4n) is 2.18. The standard InChI is InChI=1S/C19H17N3OS2/c1-24-16-9-7-14(8-10-16)12-20-22-18(23)11-19-21-17(13-25-19)15-5-3-2-4-6-15/h2-10,12-13H,11H2,1H3,(H,22,23)/b20-12-. The van der Waals surface area contributed by atoms with Crippen molar-refractivity contribution in [2.45, 2.75) is 11.3 Å². The van der Waals surface area contributed by atoms with Crippen molar-refractivity contribution >= 4 is 35.2 Å². The van der Waals surface area contributed by atoms with Gasteiger partial charge in [-0.15, -0.1) is 23.1 Å². The van der Waals surface area contributed by atoms with Crippen LogP contribution in [-0.2, 0) is 11.2 Å². The summed E-state index contributed by atoms with van der Waals surface area (Å²) >= 11 is 3.17. The van der Waals surface area contributed by atoms with Crippen LogP contribution in [0.1, 0.15) is 10.6 Å². The average molecular weight is 367 g/mol. The van der Waals surface area contributed by atoms with Crippen LogP contribution in [0.2, 0.25) is 0 Å². The van der Waals surface area contributed by atoms with E-state index in [4.69, 9.17) is 0 Å². The number of thiazole rings is 1. The second kappa shape index (κ2) is 8.60. The van der Waals surface area contributed by atoms with E-state index in [-0.39, 0.29) is 12.3 Å². The zero-order valence-corrected chi connectivity index (χ0v) is 15.3. The van der Waals surface area contributed by atoms with Crippen LogP contribution in [0.5, 0.6) is 0 Å². The topological polar surface area (TPSA) is 54.4 Å². The number of nitrogens with one attached hydrogen (secondary N) is 1. The lowest BCUT2D eigenvalue weighted by atomic mass is 10.2. The summed E-state index contributed by atoms with van der Waals surface area (Å²) in [6.07, 6.45) is 3.89. The number of benzene rings is 2. The first-order valence-electron chi connectivity index (χ1n) is 7.70. The van der Waals surface area contributed by atoms with Gasteiger partial charge in [0.05, 0.1) is 18.3 Å². The average Bonchev–Trinajstić information content (AvgIpc) is 3.11. The molecule has 4 nitrogen and oxygen atoms in total. The number of hydrogen-bond donors (Lipinski definition) is 1. The third-order valence-electron chi connectivity index (χ3n) is 3.45. The molecule has 126 valence electrons. The molecule has 0 atom stereocenters. The number of carbonyl (C=O) groups excluding carboxylic acids is 1. The molecule has 0 spiro atoms. The smallest absolute Gasteiger partial charge is 0.246 e. The Labute approximate surface area is 155 Å². The fraction of sp³-hybridized carbons (Fsp3) is 0.105. The normalized spacial score (nSPS) is 10.9. The third-order valence-corrected chi connectivity index (χ3v) is 5.04. The highest BCUT2D eigenvalue weighted by Crippen LogP contribution is 2.21. The van der Waals surface area contributed by atoms with Crippen LogP contribution in [0.25, 0.3) is 11.3 Å². The first kappa shape index (κ1) is 17.4. The molecular weight excluding hydrogens is 350 g/mol. The third kappa shape index (κ3) is 5.01. The number of amides is 1. The Morgan fingerprint density at radius 2 is 1.96 bits per heavy atom. The molecule has 1 aromatic heterocycles. The molecule has 0 unspecified atom stereocenters. The Kier molecular flexibility index (Phi) is 5.98. The first-order chi connectivity index (χ1) is 12.2. The fourth-order valence-corrected chi connectivity index (χ4v) is 3.39. The molecule has 3 rings (SSSR count). The zero-order valence-electron chi connectivity index (χ0n) is 13.7. The highest BCUT2D eigenvalue weighted by atomic mass is 32.2. The number of carbonyl (C=O) groups is 1. The van der Waals surface area contributed by atoms with E-state index in [0.29, 0.717) is 0 Å².